The first-order valence-corrected chi connectivity index (χ1v) is 8.03. The lowest BCUT2D eigenvalue weighted by Crippen LogP contribution is -2.47. The first-order chi connectivity index (χ1) is 11.0. The molecule has 6 nitrogen and oxygen atoms in total. The molecule has 0 atom stereocenters. The van der Waals surface area contributed by atoms with Crippen LogP contribution in [0, 0.1) is 0 Å². The molecule has 0 radical (unpaired) electrons. The molecule has 0 aromatic carbocycles. The van der Waals surface area contributed by atoms with Crippen molar-refractivity contribution in [3.05, 3.63) is 29.7 Å². The minimum Gasteiger partial charge on any atom is -0.332 e. The Morgan fingerprint density at radius 2 is 2.13 bits per heavy atom. The summed E-state index contributed by atoms with van der Waals surface area (Å²) in [5, 5.41) is 5.26. The van der Waals surface area contributed by atoms with Crippen molar-refractivity contribution < 1.29 is 13.6 Å². The minimum absolute atomic E-state index is 0.0702. The fraction of sp³-hybridized carbons (Fsp3) is 0.429. The van der Waals surface area contributed by atoms with Gasteiger partial charge in [-0.1, -0.05) is 0 Å². The Balaban J connectivity index is 1.53. The zero-order valence-corrected chi connectivity index (χ0v) is 13.0. The highest BCUT2D eigenvalue weighted by atomic mass is 32.1. The van der Waals surface area contributed by atoms with Gasteiger partial charge >= 0.3 is 6.03 Å². The van der Waals surface area contributed by atoms with E-state index in [1.54, 1.807) is 18.6 Å². The number of piperidine rings is 1. The second-order valence-electron chi connectivity index (χ2n) is 5.24. The zero-order chi connectivity index (χ0) is 16.3. The molecule has 0 bridgehead atoms. The summed E-state index contributed by atoms with van der Waals surface area (Å²) in [4.78, 5) is 25.9. The third kappa shape index (κ3) is 3.98. The predicted molar refractivity (Wildman–Crippen MR) is 81.1 cm³/mol. The van der Waals surface area contributed by atoms with Crippen LogP contribution < -0.4 is 5.32 Å². The molecule has 1 fully saturated rings. The topological polar surface area (TPSA) is 71.0 Å². The number of hydrogen-bond donors (Lipinski definition) is 1. The van der Waals surface area contributed by atoms with Gasteiger partial charge in [0.05, 0.1) is 18.4 Å². The number of carbonyl (C=O) groups excluding carboxylic acids is 1. The third-order valence-electron chi connectivity index (χ3n) is 3.54. The SMILES string of the molecule is O=C(NCc1csc(-c2cnccn2)n1)N1CCC(F)(F)CC1. The smallest absolute Gasteiger partial charge is 0.317 e. The minimum atomic E-state index is -2.66. The van der Waals surface area contributed by atoms with E-state index in [9.17, 15) is 13.6 Å². The molecule has 2 amide bonds. The van der Waals surface area contributed by atoms with E-state index in [0.29, 0.717) is 11.4 Å². The fourth-order valence-corrected chi connectivity index (χ4v) is 3.01. The number of likely N-dealkylation sites (tertiary alicyclic amines) is 1. The molecule has 9 heteroatoms. The molecule has 3 rings (SSSR count). The maximum absolute atomic E-state index is 13.1. The lowest BCUT2D eigenvalue weighted by molar-refractivity contribution is -0.0469. The van der Waals surface area contributed by atoms with E-state index in [-0.39, 0.29) is 38.5 Å². The van der Waals surface area contributed by atoms with Gasteiger partial charge in [0, 0.05) is 43.7 Å². The number of urea groups is 1. The summed E-state index contributed by atoms with van der Waals surface area (Å²) in [5.41, 5.74) is 1.37. The number of thiazole rings is 1. The predicted octanol–water partition coefficient (Wildman–Crippen LogP) is 2.54. The maximum atomic E-state index is 13.1. The van der Waals surface area contributed by atoms with E-state index in [0.717, 1.165) is 5.01 Å². The Kier molecular flexibility index (Phi) is 4.46. The van der Waals surface area contributed by atoms with E-state index in [1.165, 1.54) is 16.2 Å². The largest absolute Gasteiger partial charge is 0.332 e. The summed E-state index contributed by atoms with van der Waals surface area (Å²) in [5.74, 6) is -2.66. The molecule has 0 saturated carbocycles. The first-order valence-electron chi connectivity index (χ1n) is 7.15. The highest BCUT2D eigenvalue weighted by Gasteiger charge is 2.35. The van der Waals surface area contributed by atoms with Crippen molar-refractivity contribution in [3.63, 3.8) is 0 Å². The number of hydrogen-bond acceptors (Lipinski definition) is 5. The molecule has 0 aliphatic carbocycles. The van der Waals surface area contributed by atoms with Crippen molar-refractivity contribution in [1.29, 1.82) is 0 Å². The van der Waals surface area contributed by atoms with Gasteiger partial charge in [0.25, 0.3) is 5.92 Å². The van der Waals surface area contributed by atoms with E-state index in [1.807, 2.05) is 5.38 Å². The number of halogens is 2. The average molecular weight is 339 g/mol. The molecular weight excluding hydrogens is 324 g/mol. The van der Waals surface area contributed by atoms with Crippen molar-refractivity contribution >= 4 is 17.4 Å². The molecule has 0 unspecified atom stereocenters. The van der Waals surface area contributed by atoms with Crippen LogP contribution in [0.2, 0.25) is 0 Å². The number of nitrogens with one attached hydrogen (secondary N) is 1. The summed E-state index contributed by atoms with van der Waals surface area (Å²) in [6.45, 7) is 0.393. The van der Waals surface area contributed by atoms with Crippen molar-refractivity contribution in [2.24, 2.45) is 0 Å². The van der Waals surface area contributed by atoms with Gasteiger partial charge in [-0.2, -0.15) is 0 Å². The number of amides is 2. The Morgan fingerprint density at radius 1 is 1.35 bits per heavy atom. The van der Waals surface area contributed by atoms with Crippen molar-refractivity contribution in [3.8, 4) is 10.7 Å². The Morgan fingerprint density at radius 3 is 2.83 bits per heavy atom. The van der Waals surface area contributed by atoms with Crippen LogP contribution in [0.25, 0.3) is 10.7 Å². The molecule has 1 aliphatic rings. The molecule has 0 spiro atoms. The first kappa shape index (κ1) is 15.7. The van der Waals surface area contributed by atoms with Gasteiger partial charge in [-0.25, -0.2) is 18.6 Å². The third-order valence-corrected chi connectivity index (χ3v) is 4.45. The molecule has 2 aromatic rings. The van der Waals surface area contributed by atoms with Gasteiger partial charge in [0.15, 0.2) is 0 Å². The van der Waals surface area contributed by atoms with Gasteiger partial charge in [0.2, 0.25) is 0 Å². The van der Waals surface area contributed by atoms with Crippen LogP contribution in [0.3, 0.4) is 0 Å². The summed E-state index contributed by atoms with van der Waals surface area (Å²) >= 11 is 1.41. The van der Waals surface area contributed by atoms with Gasteiger partial charge in [-0.3, -0.25) is 9.97 Å². The molecule has 23 heavy (non-hydrogen) atoms. The number of rotatable bonds is 3. The van der Waals surface area contributed by atoms with Crippen molar-refractivity contribution in [1.82, 2.24) is 25.2 Å². The number of carbonyl (C=O) groups is 1. The number of alkyl halides is 2. The van der Waals surface area contributed by atoms with Crippen LogP contribution in [0.15, 0.2) is 24.0 Å². The fourth-order valence-electron chi connectivity index (χ4n) is 2.23. The second-order valence-corrected chi connectivity index (χ2v) is 6.09. The van der Waals surface area contributed by atoms with Crippen molar-refractivity contribution in [2.45, 2.75) is 25.3 Å². The Labute approximate surface area is 135 Å². The molecule has 3 heterocycles. The molecule has 2 aromatic heterocycles. The molecule has 1 N–H and O–H groups in total. The van der Waals surface area contributed by atoms with Crippen LogP contribution in [-0.2, 0) is 6.54 Å². The standard InChI is InChI=1S/C14H15F2N5OS/c15-14(16)1-5-21(6-2-14)13(22)19-7-10-9-23-12(20-10)11-8-17-3-4-18-11/h3-4,8-9H,1-2,5-7H2,(H,19,22). The summed E-state index contributed by atoms with van der Waals surface area (Å²) in [7, 11) is 0. The second kappa shape index (κ2) is 6.53. The summed E-state index contributed by atoms with van der Waals surface area (Å²) in [6, 6.07) is -0.338. The monoisotopic (exact) mass is 339 g/mol. The van der Waals surface area contributed by atoms with Crippen LogP contribution in [0.4, 0.5) is 13.6 Å². The number of aromatic nitrogens is 3. The van der Waals surface area contributed by atoms with Gasteiger partial charge < -0.3 is 10.2 Å². The highest BCUT2D eigenvalue weighted by molar-refractivity contribution is 7.13. The lowest BCUT2D eigenvalue weighted by atomic mass is 10.1. The Bertz CT molecular complexity index is 669. The van der Waals surface area contributed by atoms with Crippen LogP contribution >= 0.6 is 11.3 Å². The zero-order valence-electron chi connectivity index (χ0n) is 12.2. The van der Waals surface area contributed by atoms with Crippen LogP contribution in [0.5, 0.6) is 0 Å². The average Bonchev–Trinajstić information content (AvgIpc) is 3.02. The van der Waals surface area contributed by atoms with Gasteiger partial charge in [-0.05, 0) is 0 Å². The highest BCUT2D eigenvalue weighted by Crippen LogP contribution is 2.27. The van der Waals surface area contributed by atoms with Crippen LogP contribution in [0.1, 0.15) is 18.5 Å². The lowest BCUT2D eigenvalue weighted by Gasteiger charge is -2.31. The van der Waals surface area contributed by atoms with E-state index >= 15 is 0 Å². The molecule has 1 aliphatic heterocycles. The van der Waals surface area contributed by atoms with Crippen molar-refractivity contribution in [2.75, 3.05) is 13.1 Å². The number of nitrogens with zero attached hydrogens (tertiary/aromatic N) is 4. The summed E-state index contributed by atoms with van der Waals surface area (Å²) < 4.78 is 26.2. The maximum Gasteiger partial charge on any atom is 0.317 e. The van der Waals surface area contributed by atoms with E-state index in [2.05, 4.69) is 20.3 Å². The van der Waals surface area contributed by atoms with E-state index < -0.39 is 5.92 Å². The Hall–Kier alpha value is -2.16. The van der Waals surface area contributed by atoms with E-state index in [4.69, 9.17) is 0 Å². The van der Waals surface area contributed by atoms with Crippen LogP contribution in [-0.4, -0.2) is 44.9 Å². The van der Waals surface area contributed by atoms with Gasteiger partial charge in [-0.15, -0.1) is 11.3 Å². The summed E-state index contributed by atoms with van der Waals surface area (Å²) in [6.07, 6.45) is 4.22. The molecule has 1 saturated heterocycles. The van der Waals surface area contributed by atoms with Gasteiger partial charge in [0.1, 0.15) is 10.7 Å². The normalized spacial score (nSPS) is 17.0. The molecule has 122 valence electrons. The molecular formula is C14H15F2N5OS. The quantitative estimate of drug-likeness (QED) is 0.933.